The third-order valence-electron chi connectivity index (χ3n) is 3.38. The van der Waals surface area contributed by atoms with Gasteiger partial charge in [-0.2, -0.15) is 0 Å². The van der Waals surface area contributed by atoms with Crippen molar-refractivity contribution in [3.8, 4) is 0 Å². The summed E-state index contributed by atoms with van der Waals surface area (Å²) in [5.74, 6) is 0.689. The van der Waals surface area contributed by atoms with Crippen molar-refractivity contribution in [1.82, 2.24) is 10.2 Å². The van der Waals surface area contributed by atoms with Gasteiger partial charge in [-0.15, -0.1) is 0 Å². The van der Waals surface area contributed by atoms with E-state index in [9.17, 15) is 0 Å². The molecule has 0 spiro atoms. The van der Waals surface area contributed by atoms with Gasteiger partial charge in [0.05, 0.1) is 0 Å². The Bertz CT molecular complexity index is 231. The molecule has 17 heavy (non-hydrogen) atoms. The van der Waals surface area contributed by atoms with Gasteiger partial charge >= 0.3 is 0 Å². The van der Waals surface area contributed by atoms with Gasteiger partial charge < -0.3 is 10.2 Å². The van der Waals surface area contributed by atoms with Gasteiger partial charge in [-0.05, 0) is 58.8 Å². The topological polar surface area (TPSA) is 15.3 Å². The zero-order valence-corrected chi connectivity index (χ0v) is 12.1. The molecule has 2 heteroatoms. The number of allylic oxidation sites excluding steroid dienone is 1. The molecule has 0 aromatic carbocycles. The minimum Gasteiger partial charge on any atom is -0.310 e. The van der Waals surface area contributed by atoms with Crippen LogP contribution in [0.4, 0.5) is 0 Å². The molecule has 1 saturated carbocycles. The van der Waals surface area contributed by atoms with Gasteiger partial charge in [-0.3, -0.25) is 0 Å². The van der Waals surface area contributed by atoms with Crippen LogP contribution in [0.5, 0.6) is 0 Å². The molecule has 1 N–H and O–H groups in total. The summed E-state index contributed by atoms with van der Waals surface area (Å²) in [5, 5.41) is 3.74. The maximum absolute atomic E-state index is 3.74. The number of hydrogen-bond donors (Lipinski definition) is 1. The van der Waals surface area contributed by atoms with Gasteiger partial charge in [0.1, 0.15) is 0 Å². The van der Waals surface area contributed by atoms with Crippen LogP contribution >= 0.6 is 0 Å². The first kappa shape index (κ1) is 14.7. The minimum absolute atomic E-state index is 0.660. The Balaban J connectivity index is 2.33. The summed E-state index contributed by atoms with van der Waals surface area (Å²) in [4.78, 5) is 2.26. The summed E-state index contributed by atoms with van der Waals surface area (Å²) in [5.41, 5.74) is 1.66. The maximum Gasteiger partial charge on any atom is 0.0279 e. The van der Waals surface area contributed by atoms with Gasteiger partial charge in [0, 0.05) is 6.04 Å². The minimum atomic E-state index is 0.660. The summed E-state index contributed by atoms with van der Waals surface area (Å²) >= 11 is 0. The predicted octanol–water partition coefficient (Wildman–Crippen LogP) is 3.05. The van der Waals surface area contributed by atoms with E-state index >= 15 is 0 Å². The lowest BCUT2D eigenvalue weighted by Crippen LogP contribution is -2.35. The molecule has 0 aliphatic heterocycles. The molecule has 2 nitrogen and oxygen atoms in total. The molecule has 100 valence electrons. The molecule has 0 radical (unpaired) electrons. The first-order chi connectivity index (χ1) is 8.09. The second-order valence-electron chi connectivity index (χ2n) is 5.89. The molecule has 0 amide bonds. The van der Waals surface area contributed by atoms with E-state index in [1.165, 1.54) is 38.6 Å². The number of nitrogens with one attached hydrogen (secondary N) is 1. The quantitative estimate of drug-likeness (QED) is 0.565. The van der Waals surface area contributed by atoms with Gasteiger partial charge in [0.15, 0.2) is 0 Å². The van der Waals surface area contributed by atoms with Crippen LogP contribution in [0.25, 0.3) is 0 Å². The van der Waals surface area contributed by atoms with Crippen LogP contribution in [0.1, 0.15) is 46.0 Å². The average molecular weight is 238 g/mol. The third kappa shape index (κ3) is 6.23. The standard InChI is InChI=1S/C15H30N2/c1-13(2)12-14-8-5-6-9-15(14)16-10-7-11-17(3)4/h12-13,15-16H,5-11H2,1-4H3/t15-/m0/s1. The summed E-state index contributed by atoms with van der Waals surface area (Å²) in [6.07, 6.45) is 9.14. The van der Waals surface area contributed by atoms with Crippen LogP contribution in [-0.4, -0.2) is 38.1 Å². The summed E-state index contributed by atoms with van der Waals surface area (Å²) < 4.78 is 0. The number of rotatable bonds is 6. The molecule has 0 aromatic rings. The third-order valence-corrected chi connectivity index (χ3v) is 3.38. The Labute approximate surface area is 107 Å². The molecular weight excluding hydrogens is 208 g/mol. The zero-order chi connectivity index (χ0) is 12.7. The van der Waals surface area contributed by atoms with Crippen molar-refractivity contribution in [2.75, 3.05) is 27.2 Å². The molecule has 0 heterocycles. The first-order valence-electron chi connectivity index (χ1n) is 7.18. The highest BCUT2D eigenvalue weighted by molar-refractivity contribution is 5.14. The van der Waals surface area contributed by atoms with E-state index in [0.29, 0.717) is 12.0 Å². The van der Waals surface area contributed by atoms with Crippen molar-refractivity contribution in [3.05, 3.63) is 11.6 Å². The fraction of sp³-hybridized carbons (Fsp3) is 0.867. The Morgan fingerprint density at radius 3 is 2.76 bits per heavy atom. The Morgan fingerprint density at radius 2 is 2.12 bits per heavy atom. The second-order valence-corrected chi connectivity index (χ2v) is 5.89. The molecule has 0 unspecified atom stereocenters. The van der Waals surface area contributed by atoms with Crippen LogP contribution < -0.4 is 5.32 Å². The SMILES string of the molecule is CC(C)C=C1CCCC[C@@H]1NCCCN(C)C. The van der Waals surface area contributed by atoms with Crippen LogP contribution in [0.3, 0.4) is 0 Å². The van der Waals surface area contributed by atoms with Crippen molar-refractivity contribution < 1.29 is 0 Å². The van der Waals surface area contributed by atoms with Gasteiger partial charge in [-0.1, -0.05) is 31.9 Å². The molecule has 1 aliphatic carbocycles. The predicted molar refractivity (Wildman–Crippen MR) is 76.4 cm³/mol. The highest BCUT2D eigenvalue weighted by Crippen LogP contribution is 2.24. The van der Waals surface area contributed by atoms with Crippen molar-refractivity contribution in [2.24, 2.45) is 5.92 Å². The molecular formula is C15H30N2. The molecule has 1 fully saturated rings. The highest BCUT2D eigenvalue weighted by Gasteiger charge is 2.17. The monoisotopic (exact) mass is 238 g/mol. The Morgan fingerprint density at radius 1 is 1.35 bits per heavy atom. The molecule has 1 rings (SSSR count). The van der Waals surface area contributed by atoms with Crippen LogP contribution in [0.15, 0.2) is 11.6 Å². The van der Waals surface area contributed by atoms with E-state index < -0.39 is 0 Å². The van der Waals surface area contributed by atoms with Crippen molar-refractivity contribution in [3.63, 3.8) is 0 Å². The van der Waals surface area contributed by atoms with Crippen molar-refractivity contribution in [1.29, 1.82) is 0 Å². The molecule has 0 bridgehead atoms. The van der Waals surface area contributed by atoms with Crippen molar-refractivity contribution in [2.45, 2.75) is 52.0 Å². The lowest BCUT2D eigenvalue weighted by molar-refractivity contribution is 0.379. The molecule has 0 saturated heterocycles. The molecule has 0 aromatic heterocycles. The van der Waals surface area contributed by atoms with Gasteiger partial charge in [0.2, 0.25) is 0 Å². The summed E-state index contributed by atoms with van der Waals surface area (Å²) in [7, 11) is 4.29. The summed E-state index contributed by atoms with van der Waals surface area (Å²) in [6.45, 7) is 6.90. The fourth-order valence-corrected chi connectivity index (χ4v) is 2.57. The Hall–Kier alpha value is -0.340. The van der Waals surface area contributed by atoms with E-state index in [0.717, 1.165) is 6.54 Å². The second kappa shape index (κ2) is 7.88. The Kier molecular flexibility index (Phi) is 6.83. The number of hydrogen-bond acceptors (Lipinski definition) is 2. The van der Waals surface area contributed by atoms with E-state index in [4.69, 9.17) is 0 Å². The van der Waals surface area contributed by atoms with Crippen molar-refractivity contribution >= 4 is 0 Å². The van der Waals surface area contributed by atoms with Crippen LogP contribution in [0, 0.1) is 5.92 Å². The van der Waals surface area contributed by atoms with Crippen LogP contribution in [0.2, 0.25) is 0 Å². The fourth-order valence-electron chi connectivity index (χ4n) is 2.57. The van der Waals surface area contributed by atoms with E-state index in [1.807, 2.05) is 0 Å². The zero-order valence-electron chi connectivity index (χ0n) is 12.1. The summed E-state index contributed by atoms with van der Waals surface area (Å²) in [6, 6.07) is 0.660. The first-order valence-corrected chi connectivity index (χ1v) is 7.18. The highest BCUT2D eigenvalue weighted by atomic mass is 15.1. The average Bonchev–Trinajstić information content (AvgIpc) is 2.25. The van der Waals surface area contributed by atoms with E-state index in [2.05, 4.69) is 44.2 Å². The maximum atomic E-state index is 3.74. The molecule has 1 aliphatic rings. The lowest BCUT2D eigenvalue weighted by Gasteiger charge is -2.27. The normalized spacial score (nSPS) is 23.9. The lowest BCUT2D eigenvalue weighted by atomic mass is 9.88. The van der Waals surface area contributed by atoms with E-state index in [-0.39, 0.29) is 0 Å². The van der Waals surface area contributed by atoms with Gasteiger partial charge in [-0.25, -0.2) is 0 Å². The smallest absolute Gasteiger partial charge is 0.0279 e. The molecule has 1 atom stereocenters. The largest absolute Gasteiger partial charge is 0.310 e. The van der Waals surface area contributed by atoms with Crippen LogP contribution in [-0.2, 0) is 0 Å². The number of nitrogens with zero attached hydrogens (tertiary/aromatic N) is 1. The van der Waals surface area contributed by atoms with E-state index in [1.54, 1.807) is 5.57 Å². The van der Waals surface area contributed by atoms with Gasteiger partial charge in [0.25, 0.3) is 0 Å².